The van der Waals surface area contributed by atoms with Crippen LogP contribution in [0.5, 0.6) is 17.2 Å². The second kappa shape index (κ2) is 11.6. The lowest BCUT2D eigenvalue weighted by molar-refractivity contribution is -0.139. The number of Topliss-reactive ketones (excluding diaryl/α,β-unsaturated/α-hetero) is 1. The quantitative estimate of drug-likeness (QED) is 0.224. The highest BCUT2D eigenvalue weighted by atomic mass is 16.5. The van der Waals surface area contributed by atoms with Gasteiger partial charge in [-0.1, -0.05) is 43.3 Å². The van der Waals surface area contributed by atoms with E-state index in [9.17, 15) is 19.8 Å². The molecular formula is C30H31NO6. The van der Waals surface area contributed by atoms with Crippen LogP contribution in [-0.2, 0) is 16.0 Å². The van der Waals surface area contributed by atoms with Crippen molar-refractivity contribution in [1.29, 1.82) is 0 Å². The van der Waals surface area contributed by atoms with Gasteiger partial charge in [-0.25, -0.2) is 0 Å². The molecule has 1 aliphatic heterocycles. The number of ether oxygens (including phenoxy) is 2. The molecule has 0 saturated carbocycles. The minimum Gasteiger partial charge on any atom is -0.507 e. The van der Waals surface area contributed by atoms with Gasteiger partial charge in [-0.15, -0.1) is 0 Å². The number of aliphatic hydroxyl groups excluding tert-OH is 1. The molecule has 1 atom stereocenters. The lowest BCUT2D eigenvalue weighted by Crippen LogP contribution is -2.31. The zero-order valence-corrected chi connectivity index (χ0v) is 21.0. The smallest absolute Gasteiger partial charge is 0.295 e. The summed E-state index contributed by atoms with van der Waals surface area (Å²) in [6.07, 6.45) is 1.40. The first-order valence-electron chi connectivity index (χ1n) is 12.5. The van der Waals surface area contributed by atoms with Crippen LogP contribution in [0.25, 0.3) is 5.76 Å². The van der Waals surface area contributed by atoms with Crippen LogP contribution in [0.4, 0.5) is 0 Å². The van der Waals surface area contributed by atoms with Gasteiger partial charge in [-0.3, -0.25) is 9.59 Å². The monoisotopic (exact) mass is 501 g/mol. The molecule has 1 unspecified atom stereocenters. The zero-order chi connectivity index (χ0) is 26.4. The number of aliphatic hydroxyl groups is 1. The molecule has 3 aromatic carbocycles. The molecule has 1 heterocycles. The van der Waals surface area contributed by atoms with Gasteiger partial charge in [0.25, 0.3) is 11.7 Å². The summed E-state index contributed by atoms with van der Waals surface area (Å²) in [5.74, 6) is -0.860. The second-order valence-electron chi connectivity index (χ2n) is 8.76. The van der Waals surface area contributed by atoms with Gasteiger partial charge in [0.1, 0.15) is 11.5 Å². The van der Waals surface area contributed by atoms with Gasteiger partial charge in [-0.05, 0) is 67.3 Å². The van der Waals surface area contributed by atoms with Crippen LogP contribution >= 0.6 is 0 Å². The average molecular weight is 502 g/mol. The van der Waals surface area contributed by atoms with Crippen molar-refractivity contribution in [3.8, 4) is 17.2 Å². The van der Waals surface area contributed by atoms with Gasteiger partial charge in [0.2, 0.25) is 0 Å². The van der Waals surface area contributed by atoms with Crippen molar-refractivity contribution in [3.63, 3.8) is 0 Å². The molecule has 37 heavy (non-hydrogen) atoms. The first-order valence-corrected chi connectivity index (χ1v) is 12.5. The lowest BCUT2D eigenvalue weighted by Gasteiger charge is -2.26. The number of benzene rings is 3. The summed E-state index contributed by atoms with van der Waals surface area (Å²) in [4.78, 5) is 28.0. The Balaban J connectivity index is 1.77. The molecular weight excluding hydrogens is 470 g/mol. The number of carbonyl (C=O) groups is 2. The number of amides is 1. The Bertz CT molecular complexity index is 1280. The molecule has 0 radical (unpaired) electrons. The molecule has 1 aliphatic rings. The Morgan fingerprint density at radius 2 is 1.68 bits per heavy atom. The Morgan fingerprint density at radius 1 is 0.946 bits per heavy atom. The van der Waals surface area contributed by atoms with E-state index in [4.69, 9.17) is 9.47 Å². The molecule has 3 aromatic rings. The van der Waals surface area contributed by atoms with E-state index in [2.05, 4.69) is 0 Å². The Kier molecular flexibility index (Phi) is 8.13. The molecule has 1 saturated heterocycles. The van der Waals surface area contributed by atoms with Crippen LogP contribution in [0.1, 0.15) is 43.0 Å². The first-order chi connectivity index (χ1) is 17.9. The maximum atomic E-state index is 13.3. The summed E-state index contributed by atoms with van der Waals surface area (Å²) >= 11 is 0. The van der Waals surface area contributed by atoms with Crippen molar-refractivity contribution in [2.24, 2.45) is 0 Å². The first kappa shape index (κ1) is 25.8. The maximum absolute atomic E-state index is 13.3. The fourth-order valence-corrected chi connectivity index (χ4v) is 4.41. The molecule has 0 aliphatic carbocycles. The molecule has 2 N–H and O–H groups in total. The molecule has 7 heteroatoms. The summed E-state index contributed by atoms with van der Waals surface area (Å²) in [5, 5.41) is 21.5. The van der Waals surface area contributed by atoms with Gasteiger partial charge in [0.05, 0.1) is 24.8 Å². The van der Waals surface area contributed by atoms with E-state index in [1.165, 1.54) is 11.0 Å². The van der Waals surface area contributed by atoms with Crippen LogP contribution < -0.4 is 9.47 Å². The highest BCUT2D eigenvalue weighted by molar-refractivity contribution is 6.46. The van der Waals surface area contributed by atoms with Gasteiger partial charge in [-0.2, -0.15) is 0 Å². The number of nitrogens with zero attached hydrogens (tertiary/aromatic N) is 1. The van der Waals surface area contributed by atoms with Crippen molar-refractivity contribution in [2.45, 2.75) is 32.7 Å². The van der Waals surface area contributed by atoms with Gasteiger partial charge in [0, 0.05) is 12.1 Å². The van der Waals surface area contributed by atoms with E-state index in [1.807, 2.05) is 37.3 Å². The standard InChI is InChI=1S/C30H31NO6/c1-3-18-37-23-13-10-21(11-14-23)28(33)26-27(22-12-15-24(32)25(19-22)36-4-2)31(30(35)29(26)34)17-16-20-8-6-5-7-9-20/h5-15,19,27,32-33H,3-4,16-18H2,1-2H3. The van der Waals surface area contributed by atoms with Crippen molar-refractivity contribution in [3.05, 3.63) is 95.1 Å². The number of aromatic hydroxyl groups is 1. The van der Waals surface area contributed by atoms with Crippen LogP contribution in [0, 0.1) is 0 Å². The van der Waals surface area contributed by atoms with Crippen LogP contribution in [0.2, 0.25) is 0 Å². The third-order valence-electron chi connectivity index (χ3n) is 6.22. The molecule has 1 amide bonds. The second-order valence-corrected chi connectivity index (χ2v) is 8.76. The number of phenolic OH excluding ortho intramolecular Hbond substituents is 1. The summed E-state index contributed by atoms with van der Waals surface area (Å²) in [5.41, 5.74) is 1.97. The topological polar surface area (TPSA) is 96.3 Å². The number of rotatable bonds is 10. The number of phenols is 1. The molecule has 192 valence electrons. The highest BCUT2D eigenvalue weighted by Gasteiger charge is 2.46. The minimum absolute atomic E-state index is 0.00609. The number of hydrogen-bond acceptors (Lipinski definition) is 6. The minimum atomic E-state index is -0.848. The van der Waals surface area contributed by atoms with Crippen molar-refractivity contribution < 1.29 is 29.3 Å². The van der Waals surface area contributed by atoms with Crippen molar-refractivity contribution in [2.75, 3.05) is 19.8 Å². The summed E-state index contributed by atoms with van der Waals surface area (Å²) in [6, 6.07) is 20.3. The number of hydrogen-bond donors (Lipinski definition) is 2. The molecule has 4 rings (SSSR count). The van der Waals surface area contributed by atoms with E-state index < -0.39 is 17.7 Å². The van der Waals surface area contributed by atoms with E-state index in [0.29, 0.717) is 36.5 Å². The summed E-state index contributed by atoms with van der Waals surface area (Å²) in [6.45, 7) is 4.98. The summed E-state index contributed by atoms with van der Waals surface area (Å²) < 4.78 is 11.2. The van der Waals surface area contributed by atoms with Gasteiger partial charge in [0.15, 0.2) is 11.5 Å². The van der Waals surface area contributed by atoms with Crippen LogP contribution in [0.15, 0.2) is 78.4 Å². The van der Waals surface area contributed by atoms with Crippen LogP contribution in [0.3, 0.4) is 0 Å². The predicted molar refractivity (Wildman–Crippen MR) is 141 cm³/mol. The number of likely N-dealkylation sites (tertiary alicyclic amines) is 1. The highest BCUT2D eigenvalue weighted by Crippen LogP contribution is 2.42. The molecule has 7 nitrogen and oxygen atoms in total. The maximum Gasteiger partial charge on any atom is 0.295 e. The summed E-state index contributed by atoms with van der Waals surface area (Å²) in [7, 11) is 0. The molecule has 0 bridgehead atoms. The third kappa shape index (κ3) is 5.61. The SMILES string of the molecule is CCCOc1ccc(C(O)=C2C(=O)C(=O)N(CCc3ccccc3)C2c2ccc(O)c(OCC)c2)cc1. The zero-order valence-electron chi connectivity index (χ0n) is 21.0. The molecule has 1 fully saturated rings. The fourth-order valence-electron chi connectivity index (χ4n) is 4.41. The van der Waals surface area contributed by atoms with Crippen LogP contribution in [-0.4, -0.2) is 46.6 Å². The predicted octanol–water partition coefficient (Wildman–Crippen LogP) is 5.24. The normalized spacial score (nSPS) is 16.7. The van der Waals surface area contributed by atoms with Crippen molar-refractivity contribution >= 4 is 17.4 Å². The average Bonchev–Trinajstić information content (AvgIpc) is 3.17. The molecule has 0 spiro atoms. The Labute approximate surface area is 216 Å². The van der Waals surface area contributed by atoms with Crippen molar-refractivity contribution in [1.82, 2.24) is 4.90 Å². The number of ketones is 1. The van der Waals surface area contributed by atoms with E-state index in [0.717, 1.165) is 12.0 Å². The van der Waals surface area contributed by atoms with Gasteiger partial charge >= 0.3 is 0 Å². The van der Waals surface area contributed by atoms with E-state index in [-0.39, 0.29) is 29.4 Å². The lowest BCUT2D eigenvalue weighted by atomic mass is 9.94. The van der Waals surface area contributed by atoms with E-state index >= 15 is 0 Å². The fraction of sp³-hybridized carbons (Fsp3) is 0.267. The number of carbonyl (C=O) groups excluding carboxylic acids is 2. The van der Waals surface area contributed by atoms with Gasteiger partial charge < -0.3 is 24.6 Å². The Hall–Kier alpha value is -4.26. The molecule has 0 aromatic heterocycles. The Morgan fingerprint density at radius 3 is 2.35 bits per heavy atom. The third-order valence-corrected chi connectivity index (χ3v) is 6.22. The van der Waals surface area contributed by atoms with E-state index in [1.54, 1.807) is 43.3 Å². The largest absolute Gasteiger partial charge is 0.507 e.